The van der Waals surface area contributed by atoms with Crippen molar-refractivity contribution in [3.05, 3.63) is 53.5 Å². The van der Waals surface area contributed by atoms with Crippen molar-refractivity contribution < 1.29 is 22.4 Å². The van der Waals surface area contributed by atoms with E-state index >= 15 is 0 Å². The van der Waals surface area contributed by atoms with Gasteiger partial charge in [-0.1, -0.05) is 6.07 Å². The number of fused-ring (bicyclic) bond motifs is 1. The predicted octanol–water partition coefficient (Wildman–Crippen LogP) is 1.26. The maximum Gasteiger partial charge on any atom is 0.240 e. The van der Waals surface area contributed by atoms with Gasteiger partial charge in [-0.05, 0) is 61.1 Å². The lowest BCUT2D eigenvalue weighted by atomic mass is 9.92. The van der Waals surface area contributed by atoms with Crippen LogP contribution in [0.2, 0.25) is 0 Å². The zero-order valence-electron chi connectivity index (χ0n) is 16.1. The molecule has 2 aromatic rings. The molecule has 0 fully saturated rings. The zero-order valence-corrected chi connectivity index (χ0v) is 16.9. The average molecular weight is 420 g/mol. The average Bonchev–Trinajstić information content (AvgIpc) is 3.24. The fourth-order valence-electron chi connectivity index (χ4n) is 3.19. The van der Waals surface area contributed by atoms with Gasteiger partial charge in [-0.3, -0.25) is 9.59 Å². The smallest absolute Gasteiger partial charge is 0.240 e. The summed E-state index contributed by atoms with van der Waals surface area (Å²) in [6, 6.07) is 8.65. The number of nitrogens with one attached hydrogen (secondary N) is 3. The highest BCUT2D eigenvalue weighted by Gasteiger charge is 2.18. The molecule has 1 aliphatic carbocycles. The molecule has 1 aromatic heterocycles. The van der Waals surface area contributed by atoms with Crippen LogP contribution in [0.4, 0.5) is 0 Å². The number of furan rings is 1. The predicted molar refractivity (Wildman–Crippen MR) is 106 cm³/mol. The van der Waals surface area contributed by atoms with Crippen molar-refractivity contribution in [1.29, 1.82) is 0 Å². The van der Waals surface area contributed by atoms with Crippen LogP contribution in [0.25, 0.3) is 0 Å². The van der Waals surface area contributed by atoms with Crippen molar-refractivity contribution in [3.8, 4) is 0 Å². The maximum absolute atomic E-state index is 12.4. The largest absolute Gasteiger partial charge is 0.467 e. The van der Waals surface area contributed by atoms with Crippen LogP contribution < -0.4 is 15.4 Å². The Morgan fingerprint density at radius 3 is 2.55 bits per heavy atom. The second kappa shape index (κ2) is 9.71. The van der Waals surface area contributed by atoms with E-state index in [1.165, 1.54) is 11.8 Å². The molecular formula is C20H25N3O5S. The molecule has 0 saturated carbocycles. The summed E-state index contributed by atoms with van der Waals surface area (Å²) in [5.74, 6) is -0.156. The van der Waals surface area contributed by atoms with Gasteiger partial charge in [0.25, 0.3) is 0 Å². The Kier molecular flexibility index (Phi) is 7.05. The summed E-state index contributed by atoms with van der Waals surface area (Å²) in [6.07, 6.45) is 5.53. The van der Waals surface area contributed by atoms with Crippen molar-refractivity contribution in [1.82, 2.24) is 15.4 Å². The standard InChI is InChI=1S/C20H25N3O5S/c24-19(22-14-20(25)21-13-17-6-3-11-28-17)9-10-23-29(26,27)18-8-7-15-4-1-2-5-16(15)12-18/h3,6-8,11-12,23H,1-2,4-5,9-10,13-14H2,(H,21,25)(H,22,24). The summed E-state index contributed by atoms with van der Waals surface area (Å²) in [6.45, 7) is 0.0126. The first kappa shape index (κ1) is 21.1. The Bertz CT molecular complexity index is 955. The molecule has 1 heterocycles. The van der Waals surface area contributed by atoms with E-state index in [0.717, 1.165) is 31.2 Å². The summed E-state index contributed by atoms with van der Waals surface area (Å²) in [7, 11) is -3.67. The van der Waals surface area contributed by atoms with Gasteiger partial charge in [0.1, 0.15) is 5.76 Å². The van der Waals surface area contributed by atoms with E-state index < -0.39 is 15.9 Å². The number of benzene rings is 1. The van der Waals surface area contributed by atoms with E-state index in [9.17, 15) is 18.0 Å². The van der Waals surface area contributed by atoms with Crippen LogP contribution in [0.15, 0.2) is 45.9 Å². The van der Waals surface area contributed by atoms with Crippen LogP contribution in [0.3, 0.4) is 0 Å². The fourth-order valence-corrected chi connectivity index (χ4v) is 4.27. The molecule has 0 bridgehead atoms. The highest BCUT2D eigenvalue weighted by molar-refractivity contribution is 7.89. The van der Waals surface area contributed by atoms with Gasteiger partial charge >= 0.3 is 0 Å². The number of carbonyl (C=O) groups excluding carboxylic acids is 2. The first-order chi connectivity index (χ1) is 13.9. The summed E-state index contributed by atoms with van der Waals surface area (Å²) in [4.78, 5) is 23.8. The molecule has 0 unspecified atom stereocenters. The van der Waals surface area contributed by atoms with Crippen LogP contribution in [0, 0.1) is 0 Å². The lowest BCUT2D eigenvalue weighted by molar-refractivity contribution is -0.126. The van der Waals surface area contributed by atoms with Gasteiger partial charge in [0, 0.05) is 13.0 Å². The first-order valence-electron chi connectivity index (χ1n) is 9.61. The molecule has 0 saturated heterocycles. The Hall–Kier alpha value is -2.65. The third-order valence-corrected chi connectivity index (χ3v) is 6.22. The van der Waals surface area contributed by atoms with Crippen LogP contribution in [0.1, 0.15) is 36.1 Å². The summed E-state index contributed by atoms with van der Waals surface area (Å²) < 4.78 is 32.4. The number of sulfonamides is 1. The summed E-state index contributed by atoms with van der Waals surface area (Å²) in [5, 5.41) is 5.07. The molecule has 1 aliphatic rings. The zero-order chi connectivity index (χ0) is 20.7. The van der Waals surface area contributed by atoms with Crippen molar-refractivity contribution in [3.63, 3.8) is 0 Å². The number of aryl methyl sites for hydroxylation is 2. The Balaban J connectivity index is 1.39. The van der Waals surface area contributed by atoms with Crippen LogP contribution in [-0.4, -0.2) is 33.3 Å². The molecule has 0 radical (unpaired) electrons. The normalized spacial score (nSPS) is 13.5. The lowest BCUT2D eigenvalue weighted by Gasteiger charge is -2.16. The van der Waals surface area contributed by atoms with Gasteiger partial charge < -0.3 is 15.1 Å². The molecule has 156 valence electrons. The Morgan fingerprint density at radius 2 is 1.79 bits per heavy atom. The monoisotopic (exact) mass is 419 g/mol. The highest BCUT2D eigenvalue weighted by Crippen LogP contribution is 2.23. The van der Waals surface area contributed by atoms with E-state index in [0.29, 0.717) is 5.76 Å². The molecule has 2 amide bonds. The van der Waals surface area contributed by atoms with Gasteiger partial charge in [-0.25, -0.2) is 13.1 Å². The van der Waals surface area contributed by atoms with Crippen molar-refractivity contribution in [2.75, 3.05) is 13.1 Å². The lowest BCUT2D eigenvalue weighted by Crippen LogP contribution is -2.38. The van der Waals surface area contributed by atoms with E-state index in [4.69, 9.17) is 4.42 Å². The molecule has 3 rings (SSSR count). The summed E-state index contributed by atoms with van der Waals surface area (Å²) in [5.41, 5.74) is 2.29. The van der Waals surface area contributed by atoms with Gasteiger partial charge in [0.05, 0.1) is 24.2 Å². The maximum atomic E-state index is 12.4. The number of rotatable bonds is 9. The number of carbonyl (C=O) groups is 2. The van der Waals surface area contributed by atoms with Gasteiger partial charge in [0.2, 0.25) is 21.8 Å². The molecule has 0 atom stereocenters. The van der Waals surface area contributed by atoms with Gasteiger partial charge in [0.15, 0.2) is 0 Å². The van der Waals surface area contributed by atoms with Crippen molar-refractivity contribution in [2.45, 2.75) is 43.5 Å². The minimum absolute atomic E-state index is 0.0424. The molecule has 29 heavy (non-hydrogen) atoms. The molecule has 9 heteroatoms. The van der Waals surface area contributed by atoms with Crippen LogP contribution in [-0.2, 0) is 39.0 Å². The molecule has 0 spiro atoms. The SMILES string of the molecule is O=C(CCNS(=O)(=O)c1ccc2c(c1)CCCC2)NCC(=O)NCc1ccco1. The van der Waals surface area contributed by atoms with E-state index in [2.05, 4.69) is 15.4 Å². The highest BCUT2D eigenvalue weighted by atomic mass is 32.2. The molecule has 8 nitrogen and oxygen atoms in total. The number of hydrogen-bond acceptors (Lipinski definition) is 5. The minimum Gasteiger partial charge on any atom is -0.467 e. The van der Waals surface area contributed by atoms with E-state index in [-0.39, 0.29) is 36.9 Å². The van der Waals surface area contributed by atoms with Crippen LogP contribution in [0.5, 0.6) is 0 Å². The quantitative estimate of drug-likeness (QED) is 0.566. The molecular weight excluding hydrogens is 394 g/mol. The minimum atomic E-state index is -3.67. The second-order valence-electron chi connectivity index (χ2n) is 6.92. The third-order valence-electron chi connectivity index (χ3n) is 4.76. The fraction of sp³-hybridized carbons (Fsp3) is 0.400. The Morgan fingerprint density at radius 1 is 1.00 bits per heavy atom. The Labute approximate surface area is 170 Å². The first-order valence-corrected chi connectivity index (χ1v) is 11.1. The van der Waals surface area contributed by atoms with Crippen LogP contribution >= 0.6 is 0 Å². The van der Waals surface area contributed by atoms with E-state index in [1.54, 1.807) is 24.3 Å². The summed E-state index contributed by atoms with van der Waals surface area (Å²) >= 11 is 0. The van der Waals surface area contributed by atoms with Gasteiger partial charge in [-0.2, -0.15) is 0 Å². The molecule has 3 N–H and O–H groups in total. The number of amides is 2. The van der Waals surface area contributed by atoms with Gasteiger partial charge in [-0.15, -0.1) is 0 Å². The molecule has 0 aliphatic heterocycles. The number of hydrogen-bond donors (Lipinski definition) is 3. The molecule has 1 aromatic carbocycles. The van der Waals surface area contributed by atoms with E-state index in [1.807, 2.05) is 6.07 Å². The topological polar surface area (TPSA) is 118 Å². The van der Waals surface area contributed by atoms with Crippen molar-refractivity contribution in [2.24, 2.45) is 0 Å². The van der Waals surface area contributed by atoms with Crippen molar-refractivity contribution >= 4 is 21.8 Å². The third kappa shape index (κ3) is 6.16. The second-order valence-corrected chi connectivity index (χ2v) is 8.69.